The lowest BCUT2D eigenvalue weighted by Gasteiger charge is -2.41. The molecule has 0 saturated carbocycles. The Morgan fingerprint density at radius 3 is 2.21 bits per heavy atom. The Labute approximate surface area is 119 Å². The number of nitrogens with one attached hydrogen (secondary N) is 1. The first-order valence-corrected chi connectivity index (χ1v) is 8.56. The first kappa shape index (κ1) is 16.6. The largest absolute Gasteiger partial charge is 0.354 e. The summed E-state index contributed by atoms with van der Waals surface area (Å²) in [5, 5.41) is 3.07. The third kappa shape index (κ3) is 4.56. The average molecular weight is 288 g/mol. The summed E-state index contributed by atoms with van der Waals surface area (Å²) in [7, 11) is -0.653. The normalized spacial score (nSPS) is 19.4. The van der Waals surface area contributed by atoms with Crippen LogP contribution in [0.25, 0.3) is 0 Å². The predicted molar refractivity (Wildman–Crippen MR) is 80.6 cm³/mol. The molecule has 0 spiro atoms. The highest BCUT2D eigenvalue weighted by Crippen LogP contribution is 2.21. The van der Waals surface area contributed by atoms with Gasteiger partial charge < -0.3 is 5.32 Å². The van der Waals surface area contributed by atoms with E-state index in [9.17, 15) is 9.00 Å². The monoisotopic (exact) mass is 288 g/mol. The lowest BCUT2D eigenvalue weighted by molar-refractivity contribution is -0.130. The van der Waals surface area contributed by atoms with Crippen molar-refractivity contribution in [1.82, 2.24) is 10.2 Å². The van der Waals surface area contributed by atoms with E-state index in [1.807, 2.05) is 20.8 Å². The van der Waals surface area contributed by atoms with Gasteiger partial charge in [0.2, 0.25) is 5.91 Å². The van der Waals surface area contributed by atoms with Crippen LogP contribution in [0.1, 0.15) is 41.0 Å². The van der Waals surface area contributed by atoms with E-state index in [1.165, 1.54) is 0 Å². The standard InChI is InChI=1S/C14H28N2O2S/c1-6-13(2,3)12(17)15-11-14(4,5)16-7-9-19(18)10-8-16/h6-11H2,1-5H3,(H,15,17). The van der Waals surface area contributed by atoms with Crippen molar-refractivity contribution in [3.8, 4) is 0 Å². The van der Waals surface area contributed by atoms with Crippen molar-refractivity contribution in [3.63, 3.8) is 0 Å². The fourth-order valence-electron chi connectivity index (χ4n) is 2.05. The molecule has 112 valence electrons. The Bertz CT molecular complexity index is 343. The zero-order chi connectivity index (χ0) is 14.7. The molecule has 0 aromatic heterocycles. The van der Waals surface area contributed by atoms with Crippen LogP contribution in [0.5, 0.6) is 0 Å². The van der Waals surface area contributed by atoms with E-state index in [-0.39, 0.29) is 16.9 Å². The Morgan fingerprint density at radius 1 is 1.21 bits per heavy atom. The van der Waals surface area contributed by atoms with Crippen molar-refractivity contribution >= 4 is 16.7 Å². The fraction of sp³-hybridized carbons (Fsp3) is 0.929. The van der Waals surface area contributed by atoms with E-state index >= 15 is 0 Å². The molecule has 1 fully saturated rings. The number of rotatable bonds is 5. The molecule has 1 aliphatic rings. The fourth-order valence-corrected chi connectivity index (χ4v) is 3.10. The van der Waals surface area contributed by atoms with Gasteiger partial charge in [0.1, 0.15) is 0 Å². The molecule has 1 saturated heterocycles. The number of hydrogen-bond donors (Lipinski definition) is 1. The Kier molecular flexibility index (Phi) is 5.56. The maximum absolute atomic E-state index is 12.1. The van der Waals surface area contributed by atoms with Crippen LogP contribution in [0.2, 0.25) is 0 Å². The van der Waals surface area contributed by atoms with Crippen molar-refractivity contribution in [1.29, 1.82) is 0 Å². The van der Waals surface area contributed by atoms with E-state index in [0.717, 1.165) is 31.0 Å². The zero-order valence-electron chi connectivity index (χ0n) is 12.9. The van der Waals surface area contributed by atoms with Crippen LogP contribution in [0.3, 0.4) is 0 Å². The minimum absolute atomic E-state index is 0.0793. The molecule has 1 heterocycles. The molecule has 1 aliphatic heterocycles. The van der Waals surface area contributed by atoms with Crippen molar-refractivity contribution in [2.24, 2.45) is 5.41 Å². The van der Waals surface area contributed by atoms with Gasteiger partial charge in [-0.15, -0.1) is 0 Å². The molecule has 4 nitrogen and oxygen atoms in total. The topological polar surface area (TPSA) is 49.4 Å². The highest BCUT2D eigenvalue weighted by Gasteiger charge is 2.32. The van der Waals surface area contributed by atoms with Gasteiger partial charge in [-0.1, -0.05) is 20.8 Å². The second-order valence-corrected chi connectivity index (χ2v) is 8.26. The summed E-state index contributed by atoms with van der Waals surface area (Å²) in [5.41, 5.74) is -0.385. The summed E-state index contributed by atoms with van der Waals surface area (Å²) < 4.78 is 11.4. The van der Waals surface area contributed by atoms with Crippen molar-refractivity contribution in [2.45, 2.75) is 46.6 Å². The van der Waals surface area contributed by atoms with Crippen molar-refractivity contribution in [3.05, 3.63) is 0 Å². The van der Waals surface area contributed by atoms with E-state index in [0.29, 0.717) is 6.54 Å². The molecule has 0 aromatic rings. The molecule has 0 radical (unpaired) electrons. The van der Waals surface area contributed by atoms with Gasteiger partial charge in [-0.3, -0.25) is 13.9 Å². The molecule has 19 heavy (non-hydrogen) atoms. The molecule has 0 aliphatic carbocycles. The van der Waals surface area contributed by atoms with Gasteiger partial charge in [-0.05, 0) is 20.3 Å². The quantitative estimate of drug-likeness (QED) is 0.831. The lowest BCUT2D eigenvalue weighted by Crippen LogP contribution is -2.56. The maximum atomic E-state index is 12.1. The Hall–Kier alpha value is -0.420. The maximum Gasteiger partial charge on any atom is 0.225 e. The number of carbonyl (C=O) groups excluding carboxylic acids is 1. The Balaban J connectivity index is 2.51. The summed E-state index contributed by atoms with van der Waals surface area (Å²) >= 11 is 0. The first-order valence-electron chi connectivity index (χ1n) is 7.07. The van der Waals surface area contributed by atoms with Gasteiger partial charge in [0.25, 0.3) is 0 Å². The SMILES string of the molecule is CCC(C)(C)C(=O)NCC(C)(C)N1CCS(=O)CC1. The number of carbonyl (C=O) groups is 1. The molecule has 0 atom stereocenters. The molecule has 0 bridgehead atoms. The molecule has 1 N–H and O–H groups in total. The summed E-state index contributed by atoms with van der Waals surface area (Å²) in [6, 6.07) is 0. The number of amides is 1. The summed E-state index contributed by atoms with van der Waals surface area (Å²) in [5.74, 6) is 1.61. The molecular weight excluding hydrogens is 260 g/mol. The van der Waals surface area contributed by atoms with Crippen molar-refractivity contribution in [2.75, 3.05) is 31.1 Å². The van der Waals surface area contributed by atoms with Crippen LogP contribution in [0.4, 0.5) is 0 Å². The molecule has 0 unspecified atom stereocenters. The molecule has 0 aromatic carbocycles. The molecule has 5 heteroatoms. The minimum Gasteiger partial charge on any atom is -0.354 e. The van der Waals surface area contributed by atoms with E-state index in [2.05, 4.69) is 24.1 Å². The van der Waals surface area contributed by atoms with Crippen molar-refractivity contribution < 1.29 is 9.00 Å². The van der Waals surface area contributed by atoms with Crippen LogP contribution in [0.15, 0.2) is 0 Å². The summed E-state index contributed by atoms with van der Waals surface area (Å²) in [6.07, 6.45) is 0.835. The van der Waals surface area contributed by atoms with Crippen LogP contribution in [0, 0.1) is 5.41 Å². The smallest absolute Gasteiger partial charge is 0.225 e. The Morgan fingerprint density at radius 2 is 1.74 bits per heavy atom. The zero-order valence-corrected chi connectivity index (χ0v) is 13.7. The highest BCUT2D eigenvalue weighted by molar-refractivity contribution is 7.85. The van der Waals surface area contributed by atoms with Gasteiger partial charge >= 0.3 is 0 Å². The number of nitrogens with zero attached hydrogens (tertiary/aromatic N) is 1. The summed E-state index contributed by atoms with van der Waals surface area (Å²) in [6.45, 7) is 12.6. The second-order valence-electron chi connectivity index (χ2n) is 6.57. The van der Waals surface area contributed by atoms with Gasteiger partial charge in [0.05, 0.1) is 0 Å². The third-order valence-corrected chi connectivity index (χ3v) is 5.49. The third-order valence-electron chi connectivity index (χ3n) is 4.21. The molecule has 1 rings (SSSR count). The summed E-state index contributed by atoms with van der Waals surface area (Å²) in [4.78, 5) is 14.4. The predicted octanol–water partition coefficient (Wildman–Crippen LogP) is 1.38. The van der Waals surface area contributed by atoms with E-state index < -0.39 is 10.8 Å². The lowest BCUT2D eigenvalue weighted by atomic mass is 9.89. The first-order chi connectivity index (χ1) is 8.69. The van der Waals surface area contributed by atoms with Gasteiger partial charge in [-0.2, -0.15) is 0 Å². The molecule has 1 amide bonds. The van der Waals surface area contributed by atoms with E-state index in [4.69, 9.17) is 0 Å². The minimum atomic E-state index is -0.653. The van der Waals surface area contributed by atoms with E-state index in [1.54, 1.807) is 0 Å². The average Bonchev–Trinajstić information content (AvgIpc) is 2.36. The van der Waals surface area contributed by atoms with Crippen LogP contribution < -0.4 is 5.32 Å². The van der Waals surface area contributed by atoms with Crippen LogP contribution >= 0.6 is 0 Å². The van der Waals surface area contributed by atoms with Gasteiger partial charge in [-0.25, -0.2) is 0 Å². The molecular formula is C14H28N2O2S. The van der Waals surface area contributed by atoms with Crippen LogP contribution in [-0.4, -0.2) is 51.7 Å². The van der Waals surface area contributed by atoms with Crippen LogP contribution in [-0.2, 0) is 15.6 Å². The highest BCUT2D eigenvalue weighted by atomic mass is 32.2. The van der Waals surface area contributed by atoms with Gasteiger partial charge in [0, 0.05) is 52.9 Å². The number of hydrogen-bond acceptors (Lipinski definition) is 3. The van der Waals surface area contributed by atoms with Gasteiger partial charge in [0.15, 0.2) is 0 Å². The second kappa shape index (κ2) is 6.35.